The van der Waals surface area contributed by atoms with Crippen LogP contribution < -0.4 is 24.4 Å². The first-order valence-corrected chi connectivity index (χ1v) is 16.5. The number of methoxy groups -OCH3 is 1. The Morgan fingerprint density at radius 2 is 1.76 bits per heavy atom. The van der Waals surface area contributed by atoms with Crippen molar-refractivity contribution in [3.8, 4) is 5.75 Å². The molecular weight excluding hydrogens is 683 g/mol. The summed E-state index contributed by atoms with van der Waals surface area (Å²) in [6.07, 6.45) is 1.50. The molecule has 2 aliphatic heterocycles. The van der Waals surface area contributed by atoms with Gasteiger partial charge < -0.3 is 24.6 Å². The van der Waals surface area contributed by atoms with Crippen molar-refractivity contribution in [1.29, 1.82) is 0 Å². The molecule has 2 aliphatic rings. The Bertz CT molecular complexity index is 2150. The second-order valence-electron chi connectivity index (χ2n) is 9.78. The van der Waals surface area contributed by atoms with Crippen molar-refractivity contribution in [2.24, 2.45) is 0 Å². The minimum atomic E-state index is -4.56. The van der Waals surface area contributed by atoms with Crippen LogP contribution in [0.15, 0.2) is 67.7 Å². The van der Waals surface area contributed by atoms with Gasteiger partial charge in [0.1, 0.15) is 23.5 Å². The molecule has 0 unspecified atom stereocenters. The van der Waals surface area contributed by atoms with Crippen molar-refractivity contribution in [3.05, 3.63) is 78.2 Å². The molecule has 46 heavy (non-hydrogen) atoms. The van der Waals surface area contributed by atoms with Crippen LogP contribution in [-0.2, 0) is 42.3 Å². The lowest BCUT2D eigenvalue weighted by Crippen LogP contribution is -2.36. The molecule has 240 valence electrons. The lowest BCUT2D eigenvalue weighted by molar-refractivity contribution is -0.140. The number of aromatic nitrogens is 1. The lowest BCUT2D eigenvalue weighted by Gasteiger charge is -2.23. The maximum atomic E-state index is 13.5. The number of thioether (sulfide) groups is 1. The number of rotatable bonds is 9. The molecule has 0 radical (unpaired) electrons. The van der Waals surface area contributed by atoms with Crippen LogP contribution in [0.4, 0.5) is 5.69 Å². The van der Waals surface area contributed by atoms with Crippen LogP contribution in [0.3, 0.4) is 0 Å². The number of thiocarbonyl (C=S) groups is 1. The predicted octanol–water partition coefficient (Wildman–Crippen LogP) is 1.41. The number of ether oxygens (including phenoxy) is 2. The summed E-state index contributed by atoms with van der Waals surface area (Å²) in [5.41, 5.74) is 0.729. The van der Waals surface area contributed by atoms with E-state index in [0.29, 0.717) is 32.5 Å². The maximum absolute atomic E-state index is 13.5. The van der Waals surface area contributed by atoms with E-state index in [1.54, 1.807) is 36.1 Å². The fraction of sp³-hybridized carbons (Fsp3) is 0.179. The molecule has 18 heteroatoms. The average Bonchev–Trinajstić information content (AvgIpc) is 3.59. The Kier molecular flexibility index (Phi) is 9.09. The average molecular weight is 706 g/mol. The minimum absolute atomic E-state index is 0.000292. The molecule has 0 saturated carbocycles. The van der Waals surface area contributed by atoms with Crippen LogP contribution in [-0.4, -0.2) is 69.3 Å². The molecule has 2 aromatic carbocycles. The van der Waals surface area contributed by atoms with Crippen molar-refractivity contribution in [1.82, 2.24) is 9.47 Å². The van der Waals surface area contributed by atoms with Gasteiger partial charge in [0.05, 0.1) is 33.8 Å². The maximum Gasteiger partial charge on any atom is 0.323 e. The van der Waals surface area contributed by atoms with Gasteiger partial charge in [-0.2, -0.15) is 8.42 Å². The molecule has 1 saturated heterocycles. The van der Waals surface area contributed by atoms with Crippen molar-refractivity contribution in [3.63, 3.8) is 0 Å². The van der Waals surface area contributed by atoms with Crippen molar-refractivity contribution in [2.45, 2.75) is 29.8 Å². The second-order valence-corrected chi connectivity index (χ2v) is 13.6. The number of carboxylic acids is 2. The number of carboxylic acid groups (broad SMARTS) is 2. The number of hydrogen-bond acceptors (Lipinski definition) is 12. The number of amides is 1. The summed E-state index contributed by atoms with van der Waals surface area (Å²) >= 11 is 7.08. The zero-order chi connectivity index (χ0) is 33.5. The fourth-order valence-electron chi connectivity index (χ4n) is 4.72. The van der Waals surface area contributed by atoms with E-state index < -0.39 is 57.5 Å². The zero-order valence-electron chi connectivity index (χ0n) is 23.8. The van der Waals surface area contributed by atoms with Gasteiger partial charge in [-0.25, -0.2) is 0 Å². The molecule has 3 heterocycles. The number of thiazole rings is 1. The first kappa shape index (κ1) is 32.9. The molecular formula is C28H23N3O11S4. The number of aliphatic carboxylic acids is 2. The number of benzene rings is 2. The molecule has 14 nitrogen and oxygen atoms in total. The van der Waals surface area contributed by atoms with E-state index >= 15 is 0 Å². The van der Waals surface area contributed by atoms with Crippen LogP contribution in [0.2, 0.25) is 0 Å². The molecule has 0 bridgehead atoms. The van der Waals surface area contributed by atoms with Crippen LogP contribution in [0, 0.1) is 0 Å². The topological polar surface area (TPSA) is 193 Å². The van der Waals surface area contributed by atoms with Crippen molar-refractivity contribution >= 4 is 86.0 Å². The summed E-state index contributed by atoms with van der Waals surface area (Å²) in [6, 6.07) is 11.3. The van der Waals surface area contributed by atoms with Crippen LogP contribution in [0.1, 0.15) is 12.5 Å². The molecule has 3 N–H and O–H groups in total. The van der Waals surface area contributed by atoms with E-state index in [1.807, 2.05) is 6.07 Å². The molecule has 0 atom stereocenters. The number of hydrogen-bond donors (Lipinski definition) is 3. The monoisotopic (exact) mass is 705 g/mol. The SMILES string of the molecule is COc1ccc2c(c1)N(Cc1ccccc1S(=O)(=O)O)C(=C(C)C=c1s/c(=C3/OC(=S)N(CC(=O)O)C3=O)n(CC(=O)O)c1=O)S2. The van der Waals surface area contributed by atoms with Gasteiger partial charge in [0.15, 0.2) is 0 Å². The zero-order valence-corrected chi connectivity index (χ0v) is 27.1. The van der Waals surface area contributed by atoms with Gasteiger partial charge in [0, 0.05) is 11.0 Å². The largest absolute Gasteiger partial charge is 0.497 e. The van der Waals surface area contributed by atoms with Gasteiger partial charge in [0.25, 0.3) is 20.9 Å². The molecule has 1 aromatic heterocycles. The Labute approximate surface area is 273 Å². The second kappa shape index (κ2) is 12.7. The van der Waals surface area contributed by atoms with Gasteiger partial charge in [-0.1, -0.05) is 30.0 Å². The normalized spacial score (nSPS) is 17.3. The highest BCUT2D eigenvalue weighted by atomic mass is 32.2. The molecule has 3 aromatic rings. The first-order chi connectivity index (χ1) is 21.7. The third-order valence-corrected chi connectivity index (χ3v) is 10.4. The smallest absolute Gasteiger partial charge is 0.323 e. The Balaban J connectivity index is 1.69. The Hall–Kier alpha value is -4.49. The Morgan fingerprint density at radius 1 is 1.07 bits per heavy atom. The highest BCUT2D eigenvalue weighted by molar-refractivity contribution is 8.03. The summed E-state index contributed by atoms with van der Waals surface area (Å²) in [4.78, 5) is 52.4. The van der Waals surface area contributed by atoms with Crippen LogP contribution >= 0.6 is 35.3 Å². The quantitative estimate of drug-likeness (QED) is 0.214. The lowest BCUT2D eigenvalue weighted by atomic mass is 10.2. The number of anilines is 1. The summed E-state index contributed by atoms with van der Waals surface area (Å²) in [5.74, 6) is -3.62. The number of nitrogens with zero attached hydrogens (tertiary/aromatic N) is 3. The van der Waals surface area contributed by atoms with E-state index in [1.165, 1.54) is 37.1 Å². The first-order valence-electron chi connectivity index (χ1n) is 13.0. The van der Waals surface area contributed by atoms with Crippen LogP contribution in [0.5, 0.6) is 5.75 Å². The third kappa shape index (κ3) is 6.42. The van der Waals surface area contributed by atoms with Gasteiger partial charge >= 0.3 is 17.8 Å². The number of allylic oxidation sites excluding steroid dienone is 1. The predicted molar refractivity (Wildman–Crippen MR) is 170 cm³/mol. The van der Waals surface area contributed by atoms with E-state index in [-0.39, 0.29) is 20.6 Å². The number of carbonyl (C=O) groups is 3. The van der Waals surface area contributed by atoms with E-state index in [9.17, 15) is 37.3 Å². The summed E-state index contributed by atoms with van der Waals surface area (Å²) in [5, 5.41) is 18.8. The van der Waals surface area contributed by atoms with Gasteiger partial charge in [0.2, 0.25) is 5.76 Å². The van der Waals surface area contributed by atoms with Gasteiger partial charge in [-0.3, -0.25) is 33.2 Å². The third-order valence-electron chi connectivity index (χ3n) is 6.71. The molecule has 0 spiro atoms. The molecule has 0 aliphatic carbocycles. The minimum Gasteiger partial charge on any atom is -0.497 e. The Morgan fingerprint density at radius 3 is 2.41 bits per heavy atom. The van der Waals surface area contributed by atoms with Crippen LogP contribution in [0.25, 0.3) is 11.8 Å². The molecule has 1 fully saturated rings. The molecule has 5 rings (SSSR count). The highest BCUT2D eigenvalue weighted by Crippen LogP contribution is 2.49. The van der Waals surface area contributed by atoms with Gasteiger partial charge in [-0.15, -0.1) is 11.3 Å². The summed E-state index contributed by atoms with van der Waals surface area (Å²) in [7, 11) is -3.06. The summed E-state index contributed by atoms with van der Waals surface area (Å²) < 4.78 is 45.6. The fourth-order valence-corrected chi connectivity index (χ4v) is 7.90. The van der Waals surface area contributed by atoms with E-state index in [0.717, 1.165) is 20.8 Å². The van der Waals surface area contributed by atoms with E-state index in [2.05, 4.69) is 0 Å². The molecule has 1 amide bonds. The standard InChI is InChI=1S/C28H23N3O11S4/c1-14(9-19-24(36)30(12-21(32)33)27(45-19)23-25(37)31(13-22(34)35)28(43)42-23)26-29(17-10-16(41-2)7-8-18(17)44-26)11-15-5-3-4-6-20(15)46(38,39)40/h3-10H,11-13H2,1-2H3,(H,32,33)(H,34,35)(H,38,39,40)/b19-9?,26-14?,27-23+. The van der Waals surface area contributed by atoms with Gasteiger partial charge in [-0.05, 0) is 54.6 Å². The summed E-state index contributed by atoms with van der Waals surface area (Å²) in [6.45, 7) is 0.0821. The van der Waals surface area contributed by atoms with E-state index in [4.69, 9.17) is 26.8 Å². The van der Waals surface area contributed by atoms with Crippen molar-refractivity contribution in [2.75, 3.05) is 18.6 Å². The van der Waals surface area contributed by atoms with Crippen molar-refractivity contribution < 1.29 is 47.0 Å². The number of carbonyl (C=O) groups excluding carboxylic acids is 1. The number of fused-ring (bicyclic) bond motifs is 1. The highest BCUT2D eigenvalue weighted by Gasteiger charge is 2.37.